The molecule has 0 bridgehead atoms. The molecular weight excluding hydrogens is 228 g/mol. The second-order valence-electron chi connectivity index (χ2n) is 5.04. The van der Waals surface area contributed by atoms with Crippen molar-refractivity contribution in [1.82, 2.24) is 0 Å². The first-order valence-corrected chi connectivity index (χ1v) is 7.43. The van der Waals surface area contributed by atoms with Crippen LogP contribution in [0.1, 0.15) is 71.6 Å². The molecule has 0 radical (unpaired) electrons. The van der Waals surface area contributed by atoms with Crippen LogP contribution < -0.4 is 0 Å². The van der Waals surface area contributed by atoms with Gasteiger partial charge in [-0.05, 0) is 12.8 Å². The second-order valence-corrected chi connectivity index (χ2v) is 5.04. The quantitative estimate of drug-likeness (QED) is 0.454. The summed E-state index contributed by atoms with van der Waals surface area (Å²) >= 11 is 0. The highest BCUT2D eigenvalue weighted by Gasteiger charge is 2.26. The SMILES string of the molecule is CCCCCCCC(O)C(CCCC)C(=O)OC. The van der Waals surface area contributed by atoms with Gasteiger partial charge in [-0.3, -0.25) is 4.79 Å². The Labute approximate surface area is 112 Å². The maximum atomic E-state index is 11.6. The van der Waals surface area contributed by atoms with Gasteiger partial charge >= 0.3 is 5.97 Å². The van der Waals surface area contributed by atoms with Crippen molar-refractivity contribution in [2.75, 3.05) is 7.11 Å². The fourth-order valence-electron chi connectivity index (χ4n) is 2.20. The number of hydrogen-bond donors (Lipinski definition) is 1. The fourth-order valence-corrected chi connectivity index (χ4v) is 2.20. The molecule has 0 aromatic rings. The van der Waals surface area contributed by atoms with Gasteiger partial charge in [-0.15, -0.1) is 0 Å². The Hall–Kier alpha value is -0.570. The lowest BCUT2D eigenvalue weighted by molar-refractivity contribution is -0.150. The number of carbonyl (C=O) groups is 1. The van der Waals surface area contributed by atoms with Crippen LogP contribution in [0.15, 0.2) is 0 Å². The van der Waals surface area contributed by atoms with Crippen LogP contribution in [-0.2, 0) is 9.53 Å². The fraction of sp³-hybridized carbons (Fsp3) is 0.933. The minimum absolute atomic E-state index is 0.260. The van der Waals surface area contributed by atoms with Gasteiger partial charge in [0.1, 0.15) is 0 Å². The maximum absolute atomic E-state index is 11.6. The summed E-state index contributed by atoms with van der Waals surface area (Å²) in [4.78, 5) is 11.6. The van der Waals surface area contributed by atoms with Crippen molar-refractivity contribution in [3.8, 4) is 0 Å². The standard InChI is InChI=1S/C15H30O3/c1-4-6-8-9-10-12-14(16)13(11-7-5-2)15(17)18-3/h13-14,16H,4-12H2,1-3H3. The predicted octanol–water partition coefficient (Wildman–Crippen LogP) is 3.69. The molecule has 3 nitrogen and oxygen atoms in total. The number of aliphatic hydroxyl groups is 1. The lowest BCUT2D eigenvalue weighted by Gasteiger charge is -2.20. The van der Waals surface area contributed by atoms with Crippen molar-refractivity contribution in [3.05, 3.63) is 0 Å². The zero-order valence-corrected chi connectivity index (χ0v) is 12.3. The van der Waals surface area contributed by atoms with Crippen molar-refractivity contribution < 1.29 is 14.6 Å². The van der Waals surface area contributed by atoms with Gasteiger partial charge < -0.3 is 9.84 Å². The molecule has 2 atom stereocenters. The first-order chi connectivity index (χ1) is 8.67. The minimum Gasteiger partial charge on any atom is -0.469 e. The Morgan fingerprint density at radius 3 is 2.17 bits per heavy atom. The van der Waals surface area contributed by atoms with Crippen LogP contribution in [0.3, 0.4) is 0 Å². The molecule has 0 saturated carbocycles. The van der Waals surface area contributed by atoms with E-state index in [1.807, 2.05) is 0 Å². The highest BCUT2D eigenvalue weighted by molar-refractivity contribution is 5.72. The van der Waals surface area contributed by atoms with E-state index in [9.17, 15) is 9.90 Å². The van der Waals surface area contributed by atoms with Gasteiger partial charge in [0.15, 0.2) is 0 Å². The van der Waals surface area contributed by atoms with Crippen molar-refractivity contribution in [2.24, 2.45) is 5.92 Å². The number of unbranched alkanes of at least 4 members (excludes halogenated alkanes) is 5. The first kappa shape index (κ1) is 17.4. The Balaban J connectivity index is 3.96. The Kier molecular flexibility index (Phi) is 11.2. The molecule has 3 heteroatoms. The summed E-state index contributed by atoms with van der Waals surface area (Å²) in [7, 11) is 1.40. The van der Waals surface area contributed by atoms with E-state index < -0.39 is 6.10 Å². The summed E-state index contributed by atoms with van der Waals surface area (Å²) in [6.07, 6.45) is 8.77. The van der Waals surface area contributed by atoms with E-state index in [1.165, 1.54) is 26.4 Å². The highest BCUT2D eigenvalue weighted by atomic mass is 16.5. The molecule has 0 fully saturated rings. The van der Waals surface area contributed by atoms with Gasteiger partial charge in [0, 0.05) is 0 Å². The minimum atomic E-state index is -0.536. The molecule has 0 aliphatic heterocycles. The zero-order valence-electron chi connectivity index (χ0n) is 12.3. The third-order valence-electron chi connectivity index (χ3n) is 3.44. The van der Waals surface area contributed by atoms with E-state index in [-0.39, 0.29) is 11.9 Å². The lowest BCUT2D eigenvalue weighted by atomic mass is 9.92. The van der Waals surface area contributed by atoms with Crippen LogP contribution in [0.2, 0.25) is 0 Å². The molecule has 108 valence electrons. The Morgan fingerprint density at radius 2 is 1.61 bits per heavy atom. The van der Waals surface area contributed by atoms with Crippen molar-refractivity contribution in [3.63, 3.8) is 0 Å². The lowest BCUT2D eigenvalue weighted by Crippen LogP contribution is -2.29. The van der Waals surface area contributed by atoms with E-state index in [4.69, 9.17) is 4.74 Å². The summed E-state index contributed by atoms with van der Waals surface area (Å²) in [6, 6.07) is 0. The summed E-state index contributed by atoms with van der Waals surface area (Å²) < 4.78 is 4.78. The number of carbonyl (C=O) groups excluding carboxylic acids is 1. The zero-order chi connectivity index (χ0) is 13.8. The number of rotatable bonds is 11. The third-order valence-corrected chi connectivity index (χ3v) is 3.44. The number of ether oxygens (including phenoxy) is 1. The van der Waals surface area contributed by atoms with Gasteiger partial charge in [-0.2, -0.15) is 0 Å². The molecular formula is C15H30O3. The van der Waals surface area contributed by atoms with Crippen molar-refractivity contribution in [2.45, 2.75) is 77.7 Å². The largest absolute Gasteiger partial charge is 0.469 e. The predicted molar refractivity (Wildman–Crippen MR) is 74.4 cm³/mol. The molecule has 0 rings (SSSR count). The number of aliphatic hydroxyl groups excluding tert-OH is 1. The van der Waals surface area contributed by atoms with Crippen LogP contribution in [-0.4, -0.2) is 24.3 Å². The van der Waals surface area contributed by atoms with Crippen molar-refractivity contribution >= 4 is 5.97 Å². The molecule has 18 heavy (non-hydrogen) atoms. The normalized spacial score (nSPS) is 14.2. The van der Waals surface area contributed by atoms with Crippen molar-refractivity contribution in [1.29, 1.82) is 0 Å². The molecule has 0 saturated heterocycles. The summed E-state index contributed by atoms with van der Waals surface area (Å²) in [6.45, 7) is 4.28. The molecule has 0 amide bonds. The van der Waals surface area contributed by atoms with E-state index in [2.05, 4.69) is 13.8 Å². The summed E-state index contributed by atoms with van der Waals surface area (Å²) in [5, 5.41) is 10.1. The van der Waals surface area contributed by atoms with Crippen LogP contribution in [0, 0.1) is 5.92 Å². The van der Waals surface area contributed by atoms with Gasteiger partial charge in [-0.25, -0.2) is 0 Å². The van der Waals surface area contributed by atoms with E-state index in [1.54, 1.807) is 0 Å². The second kappa shape index (κ2) is 11.5. The molecule has 0 aromatic heterocycles. The third kappa shape index (κ3) is 7.70. The molecule has 0 aromatic carbocycles. The van der Waals surface area contributed by atoms with Crippen LogP contribution in [0.5, 0.6) is 0 Å². The van der Waals surface area contributed by atoms with Gasteiger partial charge in [0.25, 0.3) is 0 Å². The molecule has 0 spiro atoms. The van der Waals surface area contributed by atoms with Gasteiger partial charge in [-0.1, -0.05) is 58.8 Å². The average Bonchev–Trinajstić information content (AvgIpc) is 2.38. The number of esters is 1. The molecule has 0 aliphatic rings. The monoisotopic (exact) mass is 258 g/mol. The summed E-state index contributed by atoms with van der Waals surface area (Å²) in [5.74, 6) is -0.592. The van der Waals surface area contributed by atoms with Crippen LogP contribution >= 0.6 is 0 Å². The van der Waals surface area contributed by atoms with Crippen LogP contribution in [0.25, 0.3) is 0 Å². The molecule has 1 N–H and O–H groups in total. The van der Waals surface area contributed by atoms with Gasteiger partial charge in [0.05, 0.1) is 19.1 Å². The van der Waals surface area contributed by atoms with E-state index in [0.717, 1.165) is 32.1 Å². The van der Waals surface area contributed by atoms with Gasteiger partial charge in [0.2, 0.25) is 0 Å². The van der Waals surface area contributed by atoms with Crippen LogP contribution in [0.4, 0.5) is 0 Å². The maximum Gasteiger partial charge on any atom is 0.311 e. The molecule has 0 heterocycles. The smallest absolute Gasteiger partial charge is 0.311 e. The van der Waals surface area contributed by atoms with E-state index >= 15 is 0 Å². The average molecular weight is 258 g/mol. The summed E-state index contributed by atoms with van der Waals surface area (Å²) in [5.41, 5.74) is 0. The molecule has 2 unspecified atom stereocenters. The first-order valence-electron chi connectivity index (χ1n) is 7.43. The molecule has 0 aliphatic carbocycles. The Bertz CT molecular complexity index is 204. The van der Waals surface area contributed by atoms with E-state index in [0.29, 0.717) is 6.42 Å². The topological polar surface area (TPSA) is 46.5 Å². The highest BCUT2D eigenvalue weighted by Crippen LogP contribution is 2.20. The Morgan fingerprint density at radius 1 is 1.00 bits per heavy atom. The number of methoxy groups -OCH3 is 1. The number of hydrogen-bond acceptors (Lipinski definition) is 3.